The van der Waals surface area contributed by atoms with Crippen molar-refractivity contribution in [3.63, 3.8) is 0 Å². The SMILES string of the molecule is N#CC(=Cc1ccc(-c2cccc(C(F)(F)F)c2)o1)c1nc(-c2ccc(I)cc2)cs1. The maximum Gasteiger partial charge on any atom is 0.416 e. The van der Waals surface area contributed by atoms with Crippen LogP contribution in [0.5, 0.6) is 0 Å². The van der Waals surface area contributed by atoms with Crippen LogP contribution in [0.15, 0.2) is 70.5 Å². The summed E-state index contributed by atoms with van der Waals surface area (Å²) >= 11 is 3.56. The Morgan fingerprint density at radius 1 is 1.06 bits per heavy atom. The van der Waals surface area contributed by atoms with E-state index < -0.39 is 11.7 Å². The minimum absolute atomic E-state index is 0.286. The molecular weight excluding hydrogens is 536 g/mol. The number of allylic oxidation sites excluding steroid dienone is 1. The zero-order valence-electron chi connectivity index (χ0n) is 15.7. The van der Waals surface area contributed by atoms with Crippen LogP contribution < -0.4 is 0 Å². The van der Waals surface area contributed by atoms with Gasteiger partial charge in [-0.2, -0.15) is 18.4 Å². The Labute approximate surface area is 193 Å². The van der Waals surface area contributed by atoms with Crippen molar-refractivity contribution in [2.75, 3.05) is 0 Å². The molecule has 0 N–H and O–H groups in total. The Kier molecular flexibility index (Phi) is 5.98. The second-order valence-electron chi connectivity index (χ2n) is 6.50. The van der Waals surface area contributed by atoms with Crippen LogP contribution in [0.1, 0.15) is 16.3 Å². The first kappa shape index (κ1) is 21.3. The molecule has 0 radical (unpaired) electrons. The summed E-state index contributed by atoms with van der Waals surface area (Å²) in [5.41, 5.74) is 1.59. The fraction of sp³-hybridized carbons (Fsp3) is 0.0435. The number of rotatable bonds is 4. The quantitative estimate of drug-likeness (QED) is 0.194. The molecule has 0 fully saturated rings. The number of furan rings is 1. The lowest BCUT2D eigenvalue weighted by molar-refractivity contribution is -0.137. The lowest BCUT2D eigenvalue weighted by Crippen LogP contribution is -2.04. The Balaban J connectivity index is 1.61. The molecule has 0 atom stereocenters. The van der Waals surface area contributed by atoms with E-state index in [0.29, 0.717) is 21.9 Å². The molecule has 154 valence electrons. The highest BCUT2D eigenvalue weighted by molar-refractivity contribution is 14.1. The first-order valence-corrected chi connectivity index (χ1v) is 10.9. The van der Waals surface area contributed by atoms with Gasteiger partial charge in [-0.1, -0.05) is 24.3 Å². The van der Waals surface area contributed by atoms with Crippen molar-refractivity contribution in [1.29, 1.82) is 5.26 Å². The van der Waals surface area contributed by atoms with E-state index in [4.69, 9.17) is 4.42 Å². The molecule has 0 amide bonds. The molecule has 0 bridgehead atoms. The predicted molar refractivity (Wildman–Crippen MR) is 123 cm³/mol. The van der Waals surface area contributed by atoms with Gasteiger partial charge in [0.25, 0.3) is 0 Å². The molecular formula is C23H12F3IN2OS. The van der Waals surface area contributed by atoms with Crippen molar-refractivity contribution >= 4 is 45.6 Å². The van der Waals surface area contributed by atoms with E-state index in [0.717, 1.165) is 27.0 Å². The third kappa shape index (κ3) is 4.89. The van der Waals surface area contributed by atoms with E-state index in [1.807, 2.05) is 29.6 Å². The van der Waals surface area contributed by atoms with Gasteiger partial charge in [0.15, 0.2) is 0 Å². The molecule has 31 heavy (non-hydrogen) atoms. The van der Waals surface area contributed by atoms with Gasteiger partial charge in [0.1, 0.15) is 22.6 Å². The lowest BCUT2D eigenvalue weighted by Gasteiger charge is -2.07. The minimum atomic E-state index is -4.43. The van der Waals surface area contributed by atoms with Crippen LogP contribution in [-0.4, -0.2) is 4.98 Å². The largest absolute Gasteiger partial charge is 0.457 e. The normalized spacial score (nSPS) is 12.0. The zero-order chi connectivity index (χ0) is 22.0. The van der Waals surface area contributed by atoms with E-state index in [9.17, 15) is 18.4 Å². The molecule has 0 spiro atoms. The van der Waals surface area contributed by atoms with Gasteiger partial charge in [-0.3, -0.25) is 0 Å². The highest BCUT2D eigenvalue weighted by Crippen LogP contribution is 2.33. The molecule has 2 aromatic heterocycles. The summed E-state index contributed by atoms with van der Waals surface area (Å²) in [5, 5.41) is 12.0. The fourth-order valence-corrected chi connectivity index (χ4v) is 4.02. The third-order valence-corrected chi connectivity index (χ3v) is 5.98. The van der Waals surface area contributed by atoms with Gasteiger partial charge in [0, 0.05) is 26.2 Å². The van der Waals surface area contributed by atoms with Crippen LogP contribution in [0.25, 0.3) is 34.2 Å². The highest BCUT2D eigenvalue weighted by atomic mass is 127. The second-order valence-corrected chi connectivity index (χ2v) is 8.60. The van der Waals surface area contributed by atoms with Crippen LogP contribution >= 0.6 is 33.9 Å². The van der Waals surface area contributed by atoms with Crippen molar-refractivity contribution in [3.8, 4) is 28.7 Å². The van der Waals surface area contributed by atoms with Gasteiger partial charge in [-0.15, -0.1) is 11.3 Å². The average molecular weight is 548 g/mol. The molecule has 0 aliphatic rings. The smallest absolute Gasteiger partial charge is 0.416 e. The molecule has 0 saturated heterocycles. The highest BCUT2D eigenvalue weighted by Gasteiger charge is 2.30. The summed E-state index contributed by atoms with van der Waals surface area (Å²) in [6, 6.07) is 18.1. The molecule has 8 heteroatoms. The van der Waals surface area contributed by atoms with Gasteiger partial charge < -0.3 is 4.42 Å². The van der Waals surface area contributed by atoms with E-state index in [-0.39, 0.29) is 5.76 Å². The maximum atomic E-state index is 13.0. The number of hydrogen-bond donors (Lipinski definition) is 0. The summed E-state index contributed by atoms with van der Waals surface area (Å²) in [4.78, 5) is 4.54. The second kappa shape index (κ2) is 8.69. The van der Waals surface area contributed by atoms with Gasteiger partial charge in [-0.25, -0.2) is 4.98 Å². The number of nitrogens with zero attached hydrogens (tertiary/aromatic N) is 2. The number of benzene rings is 2. The zero-order valence-corrected chi connectivity index (χ0v) is 18.6. The van der Waals surface area contributed by atoms with Gasteiger partial charge in [-0.05, 0) is 59.0 Å². The van der Waals surface area contributed by atoms with Crippen LogP contribution in [-0.2, 0) is 6.18 Å². The lowest BCUT2D eigenvalue weighted by atomic mass is 10.1. The summed E-state index contributed by atoms with van der Waals surface area (Å²) in [7, 11) is 0. The number of halogens is 4. The predicted octanol–water partition coefficient (Wildman–Crippen LogP) is 7.76. The van der Waals surface area contributed by atoms with Crippen molar-refractivity contribution in [3.05, 3.63) is 85.9 Å². The van der Waals surface area contributed by atoms with Crippen molar-refractivity contribution in [1.82, 2.24) is 4.98 Å². The minimum Gasteiger partial charge on any atom is -0.457 e. The van der Waals surface area contributed by atoms with Crippen LogP contribution in [0.4, 0.5) is 13.2 Å². The molecule has 2 heterocycles. The van der Waals surface area contributed by atoms with Gasteiger partial charge in [0.05, 0.1) is 16.8 Å². The van der Waals surface area contributed by atoms with Crippen molar-refractivity contribution in [2.45, 2.75) is 6.18 Å². The molecule has 3 nitrogen and oxygen atoms in total. The van der Waals surface area contributed by atoms with Crippen LogP contribution in [0, 0.1) is 14.9 Å². The average Bonchev–Trinajstić information content (AvgIpc) is 3.42. The van der Waals surface area contributed by atoms with E-state index in [1.54, 1.807) is 18.2 Å². The summed E-state index contributed by atoms with van der Waals surface area (Å²) in [6.07, 6.45) is -2.90. The number of hydrogen-bond acceptors (Lipinski definition) is 4. The first-order chi connectivity index (χ1) is 14.8. The summed E-state index contributed by atoms with van der Waals surface area (Å²) < 4.78 is 45.7. The van der Waals surface area contributed by atoms with Gasteiger partial charge >= 0.3 is 6.18 Å². The Hall–Kier alpha value is -2.90. The summed E-state index contributed by atoms with van der Waals surface area (Å²) in [5.74, 6) is 0.642. The Bertz CT molecular complexity index is 1300. The number of aromatic nitrogens is 1. The molecule has 4 aromatic rings. The van der Waals surface area contributed by atoms with E-state index in [1.165, 1.54) is 23.5 Å². The third-order valence-electron chi connectivity index (χ3n) is 4.38. The van der Waals surface area contributed by atoms with Crippen LogP contribution in [0.2, 0.25) is 0 Å². The monoisotopic (exact) mass is 548 g/mol. The molecule has 0 saturated carbocycles. The first-order valence-electron chi connectivity index (χ1n) is 8.94. The van der Waals surface area contributed by atoms with E-state index >= 15 is 0 Å². The molecule has 0 unspecified atom stereocenters. The maximum absolute atomic E-state index is 13.0. The van der Waals surface area contributed by atoms with E-state index in [2.05, 4.69) is 33.6 Å². The van der Waals surface area contributed by atoms with Crippen LogP contribution in [0.3, 0.4) is 0 Å². The topological polar surface area (TPSA) is 49.8 Å². The Morgan fingerprint density at radius 2 is 1.84 bits per heavy atom. The molecule has 0 aliphatic carbocycles. The number of thiazole rings is 1. The van der Waals surface area contributed by atoms with Crippen molar-refractivity contribution in [2.24, 2.45) is 0 Å². The van der Waals surface area contributed by atoms with Gasteiger partial charge in [0.2, 0.25) is 0 Å². The standard InChI is InChI=1S/C23H12F3IN2OS/c24-23(25,26)17-3-1-2-15(10-17)21-9-8-19(30-21)11-16(12-28)22-29-20(13-31-22)14-4-6-18(27)7-5-14/h1-11,13H. The fourth-order valence-electron chi connectivity index (χ4n) is 2.87. The Morgan fingerprint density at radius 3 is 2.55 bits per heavy atom. The molecule has 2 aromatic carbocycles. The van der Waals surface area contributed by atoms with Crippen molar-refractivity contribution < 1.29 is 17.6 Å². The molecule has 4 rings (SSSR count). The number of nitriles is 1. The molecule has 0 aliphatic heterocycles. The summed E-state index contributed by atoms with van der Waals surface area (Å²) in [6.45, 7) is 0. The number of alkyl halides is 3.